The van der Waals surface area contributed by atoms with Gasteiger partial charge in [0.2, 0.25) is 5.69 Å². The first kappa shape index (κ1) is 17.9. The number of allylic oxidation sites excluding steroid dienone is 1. The number of hydrogen-bond donors (Lipinski definition) is 2. The van der Waals surface area contributed by atoms with E-state index in [9.17, 15) is 0 Å². The van der Waals surface area contributed by atoms with E-state index < -0.39 is 0 Å². The van der Waals surface area contributed by atoms with Gasteiger partial charge in [0.1, 0.15) is 0 Å². The predicted molar refractivity (Wildman–Crippen MR) is 119 cm³/mol. The van der Waals surface area contributed by atoms with Crippen LogP contribution < -0.4 is 17.4 Å². The topological polar surface area (TPSA) is 29.8 Å². The molecule has 0 bridgehead atoms. The minimum atomic E-state index is 0. The van der Waals surface area contributed by atoms with Crippen LogP contribution in [0.3, 0.4) is 0 Å². The van der Waals surface area contributed by atoms with Crippen molar-refractivity contribution >= 4 is 55.4 Å². The van der Waals surface area contributed by atoms with Crippen molar-refractivity contribution in [2.24, 2.45) is 0 Å². The summed E-state index contributed by atoms with van der Waals surface area (Å²) in [7, 11) is 0. The Labute approximate surface area is 178 Å². The molecule has 0 saturated carbocycles. The summed E-state index contributed by atoms with van der Waals surface area (Å²) < 4.78 is 1.31. The Morgan fingerprint density at radius 3 is 2.48 bits per heavy atom. The van der Waals surface area contributed by atoms with Gasteiger partial charge in [0.05, 0.1) is 11.1 Å². The number of benzene rings is 3. The van der Waals surface area contributed by atoms with E-state index in [1.807, 2.05) is 0 Å². The minimum Gasteiger partial charge on any atom is -1.00 e. The predicted octanol–water partition coefficient (Wildman–Crippen LogP) is 2.14. The molecule has 2 aromatic heterocycles. The summed E-state index contributed by atoms with van der Waals surface area (Å²) in [6.07, 6.45) is 4.29. The second kappa shape index (κ2) is 7.03. The van der Waals surface area contributed by atoms with E-state index in [4.69, 9.17) is 0 Å². The number of H-pyrrole nitrogens is 1. The third kappa shape index (κ3) is 2.74. The van der Waals surface area contributed by atoms with Crippen LogP contribution in [0.15, 0.2) is 84.4 Å². The van der Waals surface area contributed by atoms with Gasteiger partial charge < -0.3 is 17.4 Å². The van der Waals surface area contributed by atoms with E-state index in [0.717, 1.165) is 11.2 Å². The van der Waals surface area contributed by atoms with Gasteiger partial charge in [0, 0.05) is 50.0 Å². The molecule has 4 heteroatoms. The summed E-state index contributed by atoms with van der Waals surface area (Å²) in [5.74, 6) is 0. The number of fused-ring (bicyclic) bond motifs is 3. The smallest absolute Gasteiger partial charge is 0.211 e. The maximum absolute atomic E-state index is 3.46. The second-order valence-electron chi connectivity index (χ2n) is 7.02. The third-order valence-corrected chi connectivity index (χ3v) is 6.43. The molecule has 2 N–H and O–H groups in total. The molecular formula is C25H17ClN2S. The molecule has 0 amide bonds. The molecule has 6 rings (SSSR count). The number of nitrogens with one attached hydrogen (secondary N) is 2. The third-order valence-electron chi connectivity index (χ3n) is 5.47. The fraction of sp³-hybridized carbons (Fsp3) is 0. The number of rotatable bonds is 2. The average Bonchev–Trinajstić information content (AvgIpc) is 3.47. The molecule has 5 aromatic rings. The van der Waals surface area contributed by atoms with Crippen LogP contribution >= 0.6 is 11.3 Å². The summed E-state index contributed by atoms with van der Waals surface area (Å²) in [6, 6.07) is 25.7. The molecule has 3 heterocycles. The highest BCUT2D eigenvalue weighted by atomic mass is 35.5. The summed E-state index contributed by atoms with van der Waals surface area (Å²) >= 11 is 1.81. The number of aromatic amines is 1. The molecule has 29 heavy (non-hydrogen) atoms. The van der Waals surface area contributed by atoms with Crippen molar-refractivity contribution in [3.05, 3.63) is 101 Å². The minimum absolute atomic E-state index is 0. The molecule has 140 valence electrons. The molecule has 2 nitrogen and oxygen atoms in total. The van der Waals surface area contributed by atoms with Crippen LogP contribution in [0.25, 0.3) is 32.1 Å². The zero-order chi connectivity index (χ0) is 18.5. The Morgan fingerprint density at radius 1 is 0.793 bits per heavy atom. The lowest BCUT2D eigenvalue weighted by molar-refractivity contribution is -0.342. The number of aromatic nitrogens is 1. The zero-order valence-corrected chi connectivity index (χ0v) is 17.0. The lowest BCUT2D eigenvalue weighted by Gasteiger charge is -2.09. The molecule has 0 spiro atoms. The van der Waals surface area contributed by atoms with E-state index in [2.05, 4.69) is 101 Å². The van der Waals surface area contributed by atoms with Crippen molar-refractivity contribution in [1.29, 1.82) is 0 Å². The molecule has 0 unspecified atom stereocenters. The highest BCUT2D eigenvalue weighted by Gasteiger charge is 2.26. The van der Waals surface area contributed by atoms with Crippen LogP contribution in [0.1, 0.15) is 16.7 Å². The first-order chi connectivity index (χ1) is 13.9. The number of para-hydroxylation sites is 2. The van der Waals surface area contributed by atoms with Gasteiger partial charge in [0.25, 0.3) is 0 Å². The molecule has 1 aliphatic rings. The van der Waals surface area contributed by atoms with Gasteiger partial charge in [-0.05, 0) is 23.6 Å². The summed E-state index contributed by atoms with van der Waals surface area (Å²) in [6.45, 7) is 0. The fourth-order valence-corrected chi connectivity index (χ4v) is 5.12. The number of thiophene rings is 1. The summed E-state index contributed by atoms with van der Waals surface area (Å²) in [5, 5.41) is 4.85. The second-order valence-corrected chi connectivity index (χ2v) is 7.93. The van der Waals surface area contributed by atoms with E-state index in [1.165, 1.54) is 43.3 Å². The molecular weight excluding hydrogens is 396 g/mol. The quantitative estimate of drug-likeness (QED) is 0.445. The van der Waals surface area contributed by atoms with Gasteiger partial charge in [0.15, 0.2) is 6.21 Å². The van der Waals surface area contributed by atoms with Crippen LogP contribution in [-0.2, 0) is 0 Å². The Hall–Kier alpha value is -3.14. The zero-order valence-electron chi connectivity index (χ0n) is 15.4. The first-order valence-corrected chi connectivity index (χ1v) is 10.2. The SMILES string of the molecule is C1=[NH+]c2ccccc2C1=C(c1c[nH]c2ccccc12)c1csc2ccccc12.[Cl-]. The molecule has 1 aliphatic heterocycles. The maximum atomic E-state index is 3.46. The van der Waals surface area contributed by atoms with Gasteiger partial charge in [-0.1, -0.05) is 48.5 Å². The van der Waals surface area contributed by atoms with E-state index >= 15 is 0 Å². The van der Waals surface area contributed by atoms with Gasteiger partial charge in [-0.15, -0.1) is 11.3 Å². The standard InChI is InChI=1S/C25H16N2S.ClH/c1-4-10-22-16(7-1)19(13-26-22)25(20-14-27-23-11-5-2-8-17(20)23)21-15-28-24-12-6-3-9-18(21)24;/h1-15,26H;1H. The molecule has 0 fully saturated rings. The van der Waals surface area contributed by atoms with Gasteiger partial charge >= 0.3 is 0 Å². The maximum Gasteiger partial charge on any atom is 0.211 e. The fourth-order valence-electron chi connectivity index (χ4n) is 4.16. The Bertz CT molecular complexity index is 1350. The number of halogens is 1. The van der Waals surface area contributed by atoms with Crippen LogP contribution in [0.2, 0.25) is 0 Å². The van der Waals surface area contributed by atoms with Crippen molar-refractivity contribution in [3.63, 3.8) is 0 Å². The highest BCUT2D eigenvalue weighted by Crippen LogP contribution is 2.41. The van der Waals surface area contributed by atoms with E-state index in [1.54, 1.807) is 11.3 Å². The van der Waals surface area contributed by atoms with Crippen LogP contribution in [0.5, 0.6) is 0 Å². The van der Waals surface area contributed by atoms with Crippen LogP contribution in [0, 0.1) is 0 Å². The average molecular weight is 413 g/mol. The largest absolute Gasteiger partial charge is 1.00 e. The first-order valence-electron chi connectivity index (χ1n) is 9.37. The van der Waals surface area contributed by atoms with Crippen molar-refractivity contribution in [2.75, 3.05) is 0 Å². The molecule has 0 aliphatic carbocycles. The van der Waals surface area contributed by atoms with Crippen molar-refractivity contribution < 1.29 is 17.4 Å². The van der Waals surface area contributed by atoms with Crippen molar-refractivity contribution in [1.82, 2.24) is 4.98 Å². The van der Waals surface area contributed by atoms with Crippen molar-refractivity contribution in [3.8, 4) is 0 Å². The van der Waals surface area contributed by atoms with Gasteiger partial charge in [-0.25, -0.2) is 4.99 Å². The molecule has 0 radical (unpaired) electrons. The molecule has 0 saturated heterocycles. The monoisotopic (exact) mass is 412 g/mol. The van der Waals surface area contributed by atoms with Gasteiger partial charge in [-0.3, -0.25) is 0 Å². The van der Waals surface area contributed by atoms with E-state index in [0.29, 0.717) is 0 Å². The Balaban J connectivity index is 0.00000181. The van der Waals surface area contributed by atoms with Gasteiger partial charge in [-0.2, -0.15) is 0 Å². The molecule has 0 atom stereocenters. The lowest BCUT2D eigenvalue weighted by Crippen LogP contribution is -3.00. The molecule has 3 aromatic carbocycles. The Morgan fingerprint density at radius 2 is 1.55 bits per heavy atom. The van der Waals surface area contributed by atoms with Crippen LogP contribution in [0.4, 0.5) is 5.69 Å². The highest BCUT2D eigenvalue weighted by molar-refractivity contribution is 7.17. The van der Waals surface area contributed by atoms with Crippen LogP contribution in [-0.4, -0.2) is 11.2 Å². The number of hydrogen-bond acceptors (Lipinski definition) is 1. The van der Waals surface area contributed by atoms with Crippen molar-refractivity contribution in [2.45, 2.75) is 0 Å². The summed E-state index contributed by atoms with van der Waals surface area (Å²) in [4.78, 5) is 6.92. The summed E-state index contributed by atoms with van der Waals surface area (Å²) in [5.41, 5.74) is 8.61. The van der Waals surface area contributed by atoms with E-state index in [-0.39, 0.29) is 12.4 Å². The normalized spacial score (nSPS) is 14.2. The lowest BCUT2D eigenvalue weighted by atomic mass is 9.90. The Kier molecular flexibility index (Phi) is 4.35.